The van der Waals surface area contributed by atoms with Gasteiger partial charge in [-0.2, -0.15) is 13.2 Å². The average molecular weight is 325 g/mol. The van der Waals surface area contributed by atoms with E-state index < -0.39 is 35.0 Å². The molecule has 0 aromatic heterocycles. The second-order valence-electron chi connectivity index (χ2n) is 5.18. The van der Waals surface area contributed by atoms with Gasteiger partial charge in [0.05, 0.1) is 17.2 Å². The summed E-state index contributed by atoms with van der Waals surface area (Å²) in [5.74, 6) is -2.61. The molecule has 2 rings (SSSR count). The number of halogens is 3. The molecular weight excluding hydrogens is 311 g/mol. The molecule has 122 valence electrons. The number of nitrogens with zero attached hydrogens (tertiary/aromatic N) is 1. The molecule has 0 spiro atoms. The molecule has 0 aliphatic carbocycles. The zero-order valence-electron chi connectivity index (χ0n) is 12.4. The van der Waals surface area contributed by atoms with Crippen molar-refractivity contribution < 1.29 is 27.9 Å². The molecule has 1 heterocycles. The van der Waals surface area contributed by atoms with Gasteiger partial charge in [-0.05, 0) is 25.5 Å². The molecule has 0 amide bonds. The van der Waals surface area contributed by atoms with Crippen LogP contribution in [0.2, 0.25) is 0 Å². The van der Waals surface area contributed by atoms with Gasteiger partial charge in [-0.3, -0.25) is 9.79 Å². The molecule has 4 nitrogen and oxygen atoms in total. The third kappa shape index (κ3) is 3.18. The summed E-state index contributed by atoms with van der Waals surface area (Å²) in [6.45, 7) is 3.35. The first-order valence-electron chi connectivity index (χ1n) is 6.91. The minimum atomic E-state index is -4.49. The summed E-state index contributed by atoms with van der Waals surface area (Å²) in [5, 5.41) is 9.30. The number of aliphatic imine (C=N–C) groups is 1. The Balaban J connectivity index is 2.57. The van der Waals surface area contributed by atoms with Crippen LogP contribution in [0, 0.1) is 5.92 Å². The third-order valence-corrected chi connectivity index (χ3v) is 3.70. The number of rotatable bonds is 3. The van der Waals surface area contributed by atoms with E-state index in [-0.39, 0.29) is 11.3 Å². The molecule has 1 unspecified atom stereocenters. The number of Topliss-reactive ketones (excluding diaryl/α,β-unsaturated/α-hetero) is 1. The van der Waals surface area contributed by atoms with Gasteiger partial charge in [-0.15, -0.1) is 0 Å². The van der Waals surface area contributed by atoms with Crippen LogP contribution in [0.25, 0.3) is 5.70 Å². The minimum absolute atomic E-state index is 0.0987. The number of ketones is 1. The van der Waals surface area contributed by atoms with E-state index in [0.29, 0.717) is 12.1 Å². The number of carbonyl (C=O) groups is 2. The molecule has 23 heavy (non-hydrogen) atoms. The van der Waals surface area contributed by atoms with Crippen LogP contribution in [0.3, 0.4) is 0 Å². The van der Waals surface area contributed by atoms with Crippen LogP contribution in [0.4, 0.5) is 13.2 Å². The Morgan fingerprint density at radius 2 is 1.83 bits per heavy atom. The maximum absolute atomic E-state index is 12.6. The van der Waals surface area contributed by atoms with E-state index in [1.807, 2.05) is 0 Å². The molecule has 1 aliphatic rings. The van der Waals surface area contributed by atoms with Crippen LogP contribution >= 0.6 is 0 Å². The van der Waals surface area contributed by atoms with Crippen molar-refractivity contribution in [3.05, 3.63) is 41.0 Å². The normalized spacial score (nSPS) is 18.9. The predicted molar refractivity (Wildman–Crippen MR) is 77.9 cm³/mol. The van der Waals surface area contributed by atoms with Crippen LogP contribution in [-0.2, 0) is 15.8 Å². The molecule has 0 radical (unpaired) electrons. The van der Waals surface area contributed by atoms with Crippen LogP contribution in [-0.4, -0.2) is 22.6 Å². The van der Waals surface area contributed by atoms with E-state index in [4.69, 9.17) is 0 Å². The monoisotopic (exact) mass is 325 g/mol. The van der Waals surface area contributed by atoms with Gasteiger partial charge in [-0.1, -0.05) is 19.1 Å². The van der Waals surface area contributed by atoms with Gasteiger partial charge in [0.2, 0.25) is 0 Å². The Morgan fingerprint density at radius 3 is 2.26 bits per heavy atom. The average Bonchev–Trinajstić information content (AvgIpc) is 2.45. The van der Waals surface area contributed by atoms with E-state index in [1.54, 1.807) is 13.8 Å². The lowest BCUT2D eigenvalue weighted by Crippen LogP contribution is -2.30. The first-order valence-corrected chi connectivity index (χ1v) is 6.91. The number of carboxylic acid groups (broad SMARTS) is 1. The molecule has 0 saturated heterocycles. The Bertz CT molecular complexity index is 715. The van der Waals surface area contributed by atoms with Crippen molar-refractivity contribution in [1.29, 1.82) is 0 Å². The summed E-state index contributed by atoms with van der Waals surface area (Å²) in [6.07, 6.45) is -4.08. The molecule has 1 aliphatic heterocycles. The predicted octanol–water partition coefficient (Wildman–Crippen LogP) is 3.57. The lowest BCUT2D eigenvalue weighted by atomic mass is 9.86. The second kappa shape index (κ2) is 5.98. The van der Waals surface area contributed by atoms with E-state index in [2.05, 4.69) is 4.99 Å². The van der Waals surface area contributed by atoms with Gasteiger partial charge in [0.1, 0.15) is 5.57 Å². The summed E-state index contributed by atoms with van der Waals surface area (Å²) in [4.78, 5) is 27.9. The zero-order valence-corrected chi connectivity index (χ0v) is 12.4. The molecule has 0 bridgehead atoms. The fourth-order valence-corrected chi connectivity index (χ4v) is 2.50. The first-order chi connectivity index (χ1) is 10.7. The highest BCUT2D eigenvalue weighted by atomic mass is 19.4. The third-order valence-electron chi connectivity index (χ3n) is 3.70. The summed E-state index contributed by atoms with van der Waals surface area (Å²) in [6, 6.07) is 3.92. The number of carbonyl (C=O) groups excluding carboxylic acids is 1. The topological polar surface area (TPSA) is 66.7 Å². The van der Waals surface area contributed by atoms with Gasteiger partial charge in [-0.25, -0.2) is 4.79 Å². The largest absolute Gasteiger partial charge is 0.477 e. The van der Waals surface area contributed by atoms with Gasteiger partial charge in [0, 0.05) is 11.3 Å². The molecule has 0 fully saturated rings. The van der Waals surface area contributed by atoms with E-state index >= 15 is 0 Å². The smallest absolute Gasteiger partial charge is 0.416 e. The van der Waals surface area contributed by atoms with Gasteiger partial charge < -0.3 is 5.11 Å². The van der Waals surface area contributed by atoms with Crippen molar-refractivity contribution in [2.75, 3.05) is 0 Å². The van der Waals surface area contributed by atoms with E-state index in [9.17, 15) is 27.9 Å². The molecular formula is C16H14F3NO3. The van der Waals surface area contributed by atoms with Gasteiger partial charge in [0.25, 0.3) is 0 Å². The summed E-state index contributed by atoms with van der Waals surface area (Å²) >= 11 is 0. The fraction of sp³-hybridized carbons (Fsp3) is 0.312. The van der Waals surface area contributed by atoms with Gasteiger partial charge in [0.15, 0.2) is 5.78 Å². The highest BCUT2D eigenvalue weighted by Gasteiger charge is 2.35. The van der Waals surface area contributed by atoms with Crippen molar-refractivity contribution in [3.63, 3.8) is 0 Å². The van der Waals surface area contributed by atoms with Gasteiger partial charge >= 0.3 is 12.1 Å². The van der Waals surface area contributed by atoms with Crippen LogP contribution in [0.15, 0.2) is 34.8 Å². The molecule has 1 aromatic rings. The molecule has 1 N–H and O–H groups in total. The van der Waals surface area contributed by atoms with Crippen molar-refractivity contribution in [2.45, 2.75) is 26.4 Å². The van der Waals surface area contributed by atoms with E-state index in [1.165, 1.54) is 0 Å². The standard InChI is InChI=1S/C16H14F3NO3/c1-3-11-8(2)20-13(12(14(11)21)15(22)23)9-4-6-10(7-5-9)16(17,18)19/h4-7,11H,3H2,1-2H3,(H,22,23). The number of benzene rings is 1. The molecule has 1 aromatic carbocycles. The maximum atomic E-state index is 12.6. The first kappa shape index (κ1) is 16.9. The number of alkyl halides is 3. The van der Waals surface area contributed by atoms with Crippen molar-refractivity contribution in [2.24, 2.45) is 10.9 Å². The molecule has 7 heteroatoms. The number of hydrogen-bond donors (Lipinski definition) is 1. The maximum Gasteiger partial charge on any atom is 0.416 e. The van der Waals surface area contributed by atoms with Crippen LogP contribution in [0.5, 0.6) is 0 Å². The Labute approximate surface area is 130 Å². The summed E-state index contributed by atoms with van der Waals surface area (Å²) < 4.78 is 37.8. The van der Waals surface area contributed by atoms with Crippen molar-refractivity contribution in [1.82, 2.24) is 0 Å². The SMILES string of the molecule is CCC1C(=O)C(C(=O)O)=C(c2ccc(C(F)(F)F)cc2)N=C1C. The second-order valence-corrected chi connectivity index (χ2v) is 5.18. The van der Waals surface area contributed by atoms with Crippen molar-refractivity contribution in [3.8, 4) is 0 Å². The summed E-state index contributed by atoms with van der Waals surface area (Å²) in [7, 11) is 0. The number of hydrogen-bond acceptors (Lipinski definition) is 3. The quantitative estimate of drug-likeness (QED) is 0.864. The fourth-order valence-electron chi connectivity index (χ4n) is 2.50. The highest BCUT2D eigenvalue weighted by molar-refractivity contribution is 6.30. The number of aliphatic carboxylic acids is 1. The van der Waals surface area contributed by atoms with Crippen molar-refractivity contribution >= 4 is 23.2 Å². The van der Waals surface area contributed by atoms with Crippen LogP contribution < -0.4 is 0 Å². The zero-order chi connectivity index (χ0) is 17.4. The summed E-state index contributed by atoms with van der Waals surface area (Å²) in [5.41, 5.74) is -0.816. The van der Waals surface area contributed by atoms with E-state index in [0.717, 1.165) is 24.3 Å². The Kier molecular flexibility index (Phi) is 4.40. The highest BCUT2D eigenvalue weighted by Crippen LogP contribution is 2.33. The Hall–Kier alpha value is -2.44. The lowest BCUT2D eigenvalue weighted by Gasteiger charge is -2.21. The van der Waals surface area contributed by atoms with Crippen LogP contribution in [0.1, 0.15) is 31.4 Å². The number of carboxylic acids is 1. The minimum Gasteiger partial charge on any atom is -0.477 e. The lowest BCUT2D eigenvalue weighted by molar-refractivity contribution is -0.138. The Morgan fingerprint density at radius 1 is 1.26 bits per heavy atom. The molecule has 1 atom stereocenters. The molecule has 0 saturated carbocycles.